The first-order valence-electron chi connectivity index (χ1n) is 8.01. The van der Waals surface area contributed by atoms with E-state index in [1.165, 1.54) is 0 Å². The fourth-order valence-corrected chi connectivity index (χ4v) is 2.62. The zero-order valence-electron chi connectivity index (χ0n) is 13.5. The second kappa shape index (κ2) is 9.14. The van der Waals surface area contributed by atoms with E-state index in [4.69, 9.17) is 10.5 Å². The van der Waals surface area contributed by atoms with Crippen LogP contribution >= 0.6 is 0 Å². The third-order valence-electron chi connectivity index (χ3n) is 3.95. The molecule has 0 radical (unpaired) electrons. The van der Waals surface area contributed by atoms with Crippen LogP contribution < -0.4 is 16.4 Å². The normalized spacial score (nSPS) is 18.0. The zero-order chi connectivity index (χ0) is 17.4. The summed E-state index contributed by atoms with van der Waals surface area (Å²) in [6.45, 7) is 0.581. The number of rotatable bonds is 9. The van der Waals surface area contributed by atoms with Gasteiger partial charge in [0.15, 0.2) is 5.78 Å². The van der Waals surface area contributed by atoms with Crippen molar-refractivity contribution >= 4 is 17.6 Å². The number of hydrogen-bond acceptors (Lipinski definition) is 5. The number of carbonyl (C=O) groups is 3. The van der Waals surface area contributed by atoms with Gasteiger partial charge in [0.2, 0.25) is 11.8 Å². The van der Waals surface area contributed by atoms with Crippen molar-refractivity contribution in [2.24, 2.45) is 11.7 Å². The van der Waals surface area contributed by atoms with Crippen LogP contribution in [-0.2, 0) is 25.7 Å². The molecule has 1 aromatic carbocycles. The van der Waals surface area contributed by atoms with Crippen LogP contribution in [-0.4, -0.2) is 43.3 Å². The average Bonchev–Trinajstić information content (AvgIpc) is 3.00. The Bertz CT molecular complexity index is 576. The topological polar surface area (TPSA) is 111 Å². The van der Waals surface area contributed by atoms with E-state index in [2.05, 4.69) is 10.6 Å². The Morgan fingerprint density at radius 1 is 1.33 bits per heavy atom. The highest BCUT2D eigenvalue weighted by Crippen LogP contribution is 2.17. The van der Waals surface area contributed by atoms with Gasteiger partial charge in [-0.05, 0) is 18.4 Å². The van der Waals surface area contributed by atoms with Gasteiger partial charge in [0, 0.05) is 12.5 Å². The van der Waals surface area contributed by atoms with E-state index < -0.39 is 11.9 Å². The summed E-state index contributed by atoms with van der Waals surface area (Å²) in [6.07, 6.45) is 0.928. The number of ether oxygens (including phenoxy) is 1. The monoisotopic (exact) mass is 333 g/mol. The number of ketones is 1. The quantitative estimate of drug-likeness (QED) is 0.577. The van der Waals surface area contributed by atoms with E-state index in [9.17, 15) is 14.4 Å². The lowest BCUT2D eigenvalue weighted by atomic mass is 9.96. The van der Waals surface area contributed by atoms with E-state index in [-0.39, 0.29) is 37.2 Å². The summed E-state index contributed by atoms with van der Waals surface area (Å²) in [5.74, 6) is -1.03. The molecule has 1 aliphatic rings. The number of nitrogens with one attached hydrogen (secondary N) is 2. The first-order chi connectivity index (χ1) is 11.6. The molecule has 2 rings (SSSR count). The molecule has 1 heterocycles. The summed E-state index contributed by atoms with van der Waals surface area (Å²) >= 11 is 0. The second-order valence-corrected chi connectivity index (χ2v) is 5.78. The summed E-state index contributed by atoms with van der Waals surface area (Å²) in [5, 5.41) is 5.32. The van der Waals surface area contributed by atoms with Crippen molar-refractivity contribution in [1.29, 1.82) is 0 Å². The molecule has 24 heavy (non-hydrogen) atoms. The molecule has 2 atom stereocenters. The van der Waals surface area contributed by atoms with Crippen molar-refractivity contribution < 1.29 is 19.1 Å². The molecular weight excluding hydrogens is 310 g/mol. The molecule has 7 heteroatoms. The van der Waals surface area contributed by atoms with Crippen molar-refractivity contribution in [2.75, 3.05) is 19.7 Å². The molecule has 2 unspecified atom stereocenters. The summed E-state index contributed by atoms with van der Waals surface area (Å²) in [4.78, 5) is 35.6. The van der Waals surface area contributed by atoms with Gasteiger partial charge in [-0.1, -0.05) is 30.3 Å². The molecule has 2 amide bonds. The molecule has 130 valence electrons. The lowest BCUT2D eigenvalue weighted by Crippen LogP contribution is -2.46. The van der Waals surface area contributed by atoms with Crippen molar-refractivity contribution in [3.05, 3.63) is 35.9 Å². The number of carbonyl (C=O) groups excluding carboxylic acids is 3. The summed E-state index contributed by atoms with van der Waals surface area (Å²) < 4.78 is 5.44. The van der Waals surface area contributed by atoms with Crippen LogP contribution in [0.5, 0.6) is 0 Å². The highest BCUT2D eigenvalue weighted by Gasteiger charge is 2.31. The number of benzene rings is 1. The molecule has 0 spiro atoms. The minimum absolute atomic E-state index is 0.0833. The Morgan fingerprint density at radius 2 is 2.08 bits per heavy atom. The lowest BCUT2D eigenvalue weighted by molar-refractivity contribution is -0.131. The lowest BCUT2D eigenvalue weighted by Gasteiger charge is -2.19. The Balaban J connectivity index is 1.88. The number of amides is 2. The summed E-state index contributed by atoms with van der Waals surface area (Å²) in [6, 6.07) is 8.74. The van der Waals surface area contributed by atoms with E-state index in [0.717, 1.165) is 5.56 Å². The third-order valence-corrected chi connectivity index (χ3v) is 3.95. The fraction of sp³-hybridized carbons (Fsp3) is 0.471. The van der Waals surface area contributed by atoms with Gasteiger partial charge >= 0.3 is 0 Å². The minimum Gasteiger partial charge on any atom is -0.369 e. The van der Waals surface area contributed by atoms with E-state index in [0.29, 0.717) is 19.6 Å². The molecule has 1 aliphatic heterocycles. The third kappa shape index (κ3) is 5.43. The predicted octanol–water partition coefficient (Wildman–Crippen LogP) is -0.258. The van der Waals surface area contributed by atoms with Crippen LogP contribution in [0.3, 0.4) is 0 Å². The largest absolute Gasteiger partial charge is 0.369 e. The van der Waals surface area contributed by atoms with Gasteiger partial charge in [-0.25, -0.2) is 0 Å². The van der Waals surface area contributed by atoms with Crippen LogP contribution in [0, 0.1) is 5.92 Å². The highest BCUT2D eigenvalue weighted by molar-refractivity contribution is 5.91. The molecule has 1 aromatic rings. The summed E-state index contributed by atoms with van der Waals surface area (Å²) in [5.41, 5.74) is 6.26. The fourth-order valence-electron chi connectivity index (χ4n) is 2.62. The van der Waals surface area contributed by atoms with Crippen molar-refractivity contribution in [3.63, 3.8) is 0 Å². The van der Waals surface area contributed by atoms with Crippen molar-refractivity contribution in [2.45, 2.75) is 25.5 Å². The van der Waals surface area contributed by atoms with Crippen LogP contribution in [0.25, 0.3) is 0 Å². The Morgan fingerprint density at radius 3 is 2.71 bits per heavy atom. The smallest absolute Gasteiger partial charge is 0.234 e. The number of nitrogens with two attached hydrogens (primary N) is 1. The number of Topliss-reactive ketones (excluding diaryl/α,β-unsaturated/α-hetero) is 1. The van der Waals surface area contributed by atoms with E-state index in [1.54, 1.807) is 0 Å². The van der Waals surface area contributed by atoms with Gasteiger partial charge < -0.3 is 21.1 Å². The van der Waals surface area contributed by atoms with Gasteiger partial charge in [-0.3, -0.25) is 14.4 Å². The highest BCUT2D eigenvalue weighted by atomic mass is 16.5. The zero-order valence-corrected chi connectivity index (χ0v) is 13.5. The second-order valence-electron chi connectivity index (χ2n) is 5.78. The van der Waals surface area contributed by atoms with Crippen LogP contribution in [0.15, 0.2) is 30.3 Å². The molecule has 0 aliphatic carbocycles. The Labute approximate surface area is 140 Å². The standard InChI is InChI=1S/C17H23N3O4/c18-9-16(22)20-14(8-13-6-7-19-17(13)23)15(21)11-24-10-12-4-2-1-3-5-12/h1-5,13-14H,6-11,18H2,(H,19,23)(H,20,22). The molecule has 1 saturated heterocycles. The molecular formula is C17H23N3O4. The van der Waals surface area contributed by atoms with Gasteiger partial charge in [0.05, 0.1) is 19.2 Å². The average molecular weight is 333 g/mol. The molecule has 4 N–H and O–H groups in total. The molecule has 0 saturated carbocycles. The Kier molecular flexibility index (Phi) is 6.89. The number of hydrogen-bond donors (Lipinski definition) is 3. The van der Waals surface area contributed by atoms with Gasteiger partial charge in [-0.15, -0.1) is 0 Å². The summed E-state index contributed by atoms with van der Waals surface area (Å²) in [7, 11) is 0. The predicted molar refractivity (Wildman–Crippen MR) is 87.8 cm³/mol. The van der Waals surface area contributed by atoms with Gasteiger partial charge in [-0.2, -0.15) is 0 Å². The molecule has 0 bridgehead atoms. The molecule has 0 aromatic heterocycles. The first kappa shape index (κ1) is 18.1. The van der Waals surface area contributed by atoms with Crippen LogP contribution in [0.1, 0.15) is 18.4 Å². The van der Waals surface area contributed by atoms with Gasteiger partial charge in [0.1, 0.15) is 6.61 Å². The minimum atomic E-state index is -0.759. The first-order valence-corrected chi connectivity index (χ1v) is 8.01. The van der Waals surface area contributed by atoms with Crippen molar-refractivity contribution in [1.82, 2.24) is 10.6 Å². The molecule has 7 nitrogen and oxygen atoms in total. The maximum absolute atomic E-state index is 12.4. The van der Waals surface area contributed by atoms with Gasteiger partial charge in [0.25, 0.3) is 0 Å². The SMILES string of the molecule is NCC(=O)NC(CC1CCNC1=O)C(=O)COCc1ccccc1. The maximum Gasteiger partial charge on any atom is 0.234 e. The maximum atomic E-state index is 12.4. The van der Waals surface area contributed by atoms with Crippen molar-refractivity contribution in [3.8, 4) is 0 Å². The van der Waals surface area contributed by atoms with Crippen LogP contribution in [0.2, 0.25) is 0 Å². The van der Waals surface area contributed by atoms with E-state index in [1.807, 2.05) is 30.3 Å². The van der Waals surface area contributed by atoms with E-state index >= 15 is 0 Å². The molecule has 1 fully saturated rings. The Hall–Kier alpha value is -2.25. The van der Waals surface area contributed by atoms with Crippen LogP contribution in [0.4, 0.5) is 0 Å².